The summed E-state index contributed by atoms with van der Waals surface area (Å²) in [5, 5.41) is 12.8. The number of hydrogen-bond donors (Lipinski definition) is 2. The van der Waals surface area contributed by atoms with Gasteiger partial charge in [0.25, 0.3) is 5.91 Å². The van der Waals surface area contributed by atoms with Gasteiger partial charge in [0.1, 0.15) is 6.33 Å². The van der Waals surface area contributed by atoms with Crippen molar-refractivity contribution >= 4 is 29.0 Å². The van der Waals surface area contributed by atoms with E-state index in [2.05, 4.69) is 45.8 Å². The molecule has 2 N–H and O–H groups in total. The molecule has 0 bridgehead atoms. The third-order valence-corrected chi connectivity index (χ3v) is 6.54. The van der Waals surface area contributed by atoms with Gasteiger partial charge in [0.15, 0.2) is 5.16 Å². The minimum Gasteiger partial charge on any atom is -0.344 e. The standard InChI is InChI=1S/C20H24N4OS2/c1-3-15(4-2)18(17-6-5-11-26-17)23-19(25)16-9-7-14(8-10-16)12-27-20-21-13-22-24-20/h5-11,13,15,18H,3-4,12H2,1-2H3,(H,23,25)(H,21,22,24). The van der Waals surface area contributed by atoms with Gasteiger partial charge in [-0.3, -0.25) is 9.89 Å². The number of nitrogens with one attached hydrogen (secondary N) is 2. The van der Waals surface area contributed by atoms with Gasteiger partial charge in [-0.2, -0.15) is 5.10 Å². The molecule has 1 amide bonds. The Labute approximate surface area is 168 Å². The number of hydrogen-bond acceptors (Lipinski definition) is 5. The molecule has 1 aromatic carbocycles. The second kappa shape index (κ2) is 9.71. The van der Waals surface area contributed by atoms with Gasteiger partial charge in [0.05, 0.1) is 6.04 Å². The number of aromatic nitrogens is 3. The third kappa shape index (κ3) is 5.20. The van der Waals surface area contributed by atoms with Crippen molar-refractivity contribution in [2.75, 3.05) is 0 Å². The second-order valence-electron chi connectivity index (χ2n) is 6.32. The molecule has 0 aliphatic rings. The van der Waals surface area contributed by atoms with Crippen LogP contribution in [0.25, 0.3) is 0 Å². The van der Waals surface area contributed by atoms with Crippen LogP contribution in [0, 0.1) is 5.92 Å². The fraction of sp³-hybridized carbons (Fsp3) is 0.350. The zero-order valence-corrected chi connectivity index (χ0v) is 17.1. The van der Waals surface area contributed by atoms with Crippen LogP contribution in [-0.2, 0) is 5.75 Å². The summed E-state index contributed by atoms with van der Waals surface area (Å²) >= 11 is 3.29. The molecule has 142 valence electrons. The molecule has 2 aromatic heterocycles. The number of thioether (sulfide) groups is 1. The van der Waals surface area contributed by atoms with E-state index >= 15 is 0 Å². The number of aromatic amines is 1. The van der Waals surface area contributed by atoms with Gasteiger partial charge >= 0.3 is 0 Å². The molecule has 0 saturated carbocycles. The minimum atomic E-state index is -0.0188. The zero-order chi connectivity index (χ0) is 19.1. The molecule has 7 heteroatoms. The van der Waals surface area contributed by atoms with Crippen LogP contribution in [0.5, 0.6) is 0 Å². The van der Waals surface area contributed by atoms with Gasteiger partial charge in [0, 0.05) is 16.2 Å². The number of thiophene rings is 1. The molecular weight excluding hydrogens is 376 g/mol. The number of benzene rings is 1. The van der Waals surface area contributed by atoms with E-state index in [0.29, 0.717) is 11.5 Å². The van der Waals surface area contributed by atoms with Crippen LogP contribution >= 0.6 is 23.1 Å². The largest absolute Gasteiger partial charge is 0.344 e. The molecule has 0 fully saturated rings. The first-order valence-corrected chi connectivity index (χ1v) is 11.0. The van der Waals surface area contributed by atoms with E-state index in [-0.39, 0.29) is 11.9 Å². The van der Waals surface area contributed by atoms with E-state index < -0.39 is 0 Å². The van der Waals surface area contributed by atoms with Crippen LogP contribution in [0.15, 0.2) is 53.3 Å². The molecular formula is C20H24N4OS2. The predicted molar refractivity (Wildman–Crippen MR) is 111 cm³/mol. The van der Waals surface area contributed by atoms with Gasteiger partial charge in [-0.1, -0.05) is 56.7 Å². The first-order chi connectivity index (χ1) is 13.2. The summed E-state index contributed by atoms with van der Waals surface area (Å²) in [6.07, 6.45) is 3.58. The molecule has 0 spiro atoms. The minimum absolute atomic E-state index is 0.0188. The number of rotatable bonds is 9. The first-order valence-electron chi connectivity index (χ1n) is 9.12. The van der Waals surface area contributed by atoms with Gasteiger partial charge < -0.3 is 5.32 Å². The van der Waals surface area contributed by atoms with Gasteiger partial charge in [0.2, 0.25) is 0 Å². The summed E-state index contributed by atoms with van der Waals surface area (Å²) in [6.45, 7) is 4.36. The Hall–Kier alpha value is -2.12. The summed E-state index contributed by atoms with van der Waals surface area (Å²) in [5.41, 5.74) is 1.83. The van der Waals surface area contributed by atoms with Crippen molar-refractivity contribution in [1.29, 1.82) is 0 Å². The fourth-order valence-corrected chi connectivity index (χ4v) is 4.65. The molecule has 3 rings (SSSR count). The number of H-pyrrole nitrogens is 1. The van der Waals surface area contributed by atoms with E-state index in [0.717, 1.165) is 29.3 Å². The second-order valence-corrected chi connectivity index (χ2v) is 8.26. The average molecular weight is 401 g/mol. The van der Waals surface area contributed by atoms with Crippen molar-refractivity contribution in [3.63, 3.8) is 0 Å². The monoisotopic (exact) mass is 400 g/mol. The van der Waals surface area contributed by atoms with E-state index in [1.165, 1.54) is 11.2 Å². The number of nitrogens with zero attached hydrogens (tertiary/aromatic N) is 2. The topological polar surface area (TPSA) is 70.7 Å². The molecule has 0 aliphatic heterocycles. The summed E-state index contributed by atoms with van der Waals surface area (Å²) < 4.78 is 0. The SMILES string of the molecule is CCC(CC)C(NC(=O)c1ccc(CSc2ncn[nH]2)cc1)c1cccs1. The highest BCUT2D eigenvalue weighted by Gasteiger charge is 2.23. The predicted octanol–water partition coefficient (Wildman–Crippen LogP) is 5.07. The average Bonchev–Trinajstić information content (AvgIpc) is 3.40. The van der Waals surface area contributed by atoms with Crippen molar-refractivity contribution in [3.8, 4) is 0 Å². The Morgan fingerprint density at radius 1 is 1.22 bits per heavy atom. The van der Waals surface area contributed by atoms with Gasteiger partial charge in [-0.15, -0.1) is 11.3 Å². The summed E-state index contributed by atoms with van der Waals surface area (Å²) in [6, 6.07) is 12.0. The molecule has 1 atom stereocenters. The molecule has 0 saturated heterocycles. The summed E-state index contributed by atoms with van der Waals surface area (Å²) in [7, 11) is 0. The maximum absolute atomic E-state index is 12.8. The fourth-order valence-electron chi connectivity index (χ4n) is 3.04. The van der Waals surface area contributed by atoms with Gasteiger partial charge in [-0.05, 0) is 35.1 Å². The van der Waals surface area contributed by atoms with Crippen molar-refractivity contribution in [1.82, 2.24) is 20.5 Å². The maximum atomic E-state index is 12.8. The van der Waals surface area contributed by atoms with Crippen LogP contribution in [0.3, 0.4) is 0 Å². The number of carbonyl (C=O) groups is 1. The Morgan fingerprint density at radius 2 is 2.00 bits per heavy atom. The lowest BCUT2D eigenvalue weighted by Gasteiger charge is -2.25. The lowest BCUT2D eigenvalue weighted by atomic mass is 9.92. The molecule has 5 nitrogen and oxygen atoms in total. The van der Waals surface area contributed by atoms with E-state index in [1.807, 2.05) is 30.3 Å². The highest BCUT2D eigenvalue weighted by molar-refractivity contribution is 7.98. The molecule has 1 unspecified atom stereocenters. The van der Waals surface area contributed by atoms with Crippen molar-refractivity contribution in [3.05, 3.63) is 64.1 Å². The Kier molecular flexibility index (Phi) is 7.06. The van der Waals surface area contributed by atoms with Crippen molar-refractivity contribution in [2.24, 2.45) is 5.92 Å². The van der Waals surface area contributed by atoms with Gasteiger partial charge in [-0.25, -0.2) is 4.98 Å². The maximum Gasteiger partial charge on any atom is 0.251 e. The summed E-state index contributed by atoms with van der Waals surface area (Å²) in [5.74, 6) is 1.20. The van der Waals surface area contributed by atoms with Crippen LogP contribution in [-0.4, -0.2) is 21.1 Å². The zero-order valence-electron chi connectivity index (χ0n) is 15.5. The molecule has 27 heavy (non-hydrogen) atoms. The van der Waals surface area contributed by atoms with Crippen LogP contribution in [0.4, 0.5) is 0 Å². The van der Waals surface area contributed by atoms with Crippen LogP contribution < -0.4 is 5.32 Å². The lowest BCUT2D eigenvalue weighted by molar-refractivity contribution is 0.0920. The van der Waals surface area contributed by atoms with Crippen LogP contribution in [0.1, 0.15) is 53.5 Å². The number of carbonyl (C=O) groups excluding carboxylic acids is 1. The smallest absolute Gasteiger partial charge is 0.251 e. The quantitative estimate of drug-likeness (QED) is 0.492. The molecule has 0 radical (unpaired) electrons. The molecule has 0 aliphatic carbocycles. The molecule has 2 heterocycles. The normalized spacial score (nSPS) is 12.3. The third-order valence-electron chi connectivity index (χ3n) is 4.64. The Bertz CT molecular complexity index is 812. The van der Waals surface area contributed by atoms with E-state index in [1.54, 1.807) is 23.1 Å². The highest BCUT2D eigenvalue weighted by atomic mass is 32.2. The van der Waals surface area contributed by atoms with E-state index in [9.17, 15) is 4.79 Å². The Morgan fingerprint density at radius 3 is 2.59 bits per heavy atom. The Balaban J connectivity index is 1.65. The van der Waals surface area contributed by atoms with E-state index in [4.69, 9.17) is 0 Å². The van der Waals surface area contributed by atoms with Crippen molar-refractivity contribution < 1.29 is 4.79 Å². The molecule has 3 aromatic rings. The van der Waals surface area contributed by atoms with Crippen LogP contribution in [0.2, 0.25) is 0 Å². The number of amides is 1. The summed E-state index contributed by atoms with van der Waals surface area (Å²) in [4.78, 5) is 18.1. The highest BCUT2D eigenvalue weighted by Crippen LogP contribution is 2.30. The lowest BCUT2D eigenvalue weighted by Crippen LogP contribution is -2.32. The first kappa shape index (κ1) is 19.6. The van der Waals surface area contributed by atoms with Crippen molar-refractivity contribution in [2.45, 2.75) is 43.6 Å².